The first kappa shape index (κ1) is 13.9. The minimum atomic E-state index is -4.44. The van der Waals surface area contributed by atoms with Crippen LogP contribution < -0.4 is 5.32 Å². The topological polar surface area (TPSA) is 24.9 Å². The molecule has 1 aliphatic carbocycles. The van der Waals surface area contributed by atoms with Gasteiger partial charge in [-0.2, -0.15) is 13.2 Å². The number of rotatable bonds is 2. The van der Waals surface area contributed by atoms with E-state index in [1.165, 1.54) is 0 Å². The fourth-order valence-electron chi connectivity index (χ4n) is 2.58. The largest absolute Gasteiger partial charge is 0.433 e. The van der Waals surface area contributed by atoms with Crippen LogP contribution in [-0.4, -0.2) is 11.0 Å². The molecular weight excluding hydrogens is 277 g/mol. The van der Waals surface area contributed by atoms with Crippen LogP contribution in [0.5, 0.6) is 0 Å². The molecule has 1 N–H and O–H groups in total. The Labute approximate surface area is 120 Å². The highest BCUT2D eigenvalue weighted by atomic mass is 19.4. The zero-order valence-corrected chi connectivity index (χ0v) is 11.3. The summed E-state index contributed by atoms with van der Waals surface area (Å²) >= 11 is 0. The van der Waals surface area contributed by atoms with Crippen LogP contribution in [0.2, 0.25) is 0 Å². The number of fused-ring (bicyclic) bond motifs is 1. The van der Waals surface area contributed by atoms with E-state index in [4.69, 9.17) is 0 Å². The van der Waals surface area contributed by atoms with E-state index < -0.39 is 11.9 Å². The Bertz CT molecular complexity index is 677. The second kappa shape index (κ2) is 5.39. The van der Waals surface area contributed by atoms with E-state index in [1.54, 1.807) is 18.2 Å². The quantitative estimate of drug-likeness (QED) is 0.806. The second-order valence-corrected chi connectivity index (χ2v) is 5.20. The van der Waals surface area contributed by atoms with Gasteiger partial charge in [-0.05, 0) is 31.4 Å². The molecule has 110 valence electrons. The SMILES string of the molecule is FC(F)(F)c1cc(N[C@@H]2CC=CCC2)c2ccccc2n1. The van der Waals surface area contributed by atoms with E-state index >= 15 is 0 Å². The molecule has 0 amide bonds. The highest BCUT2D eigenvalue weighted by molar-refractivity contribution is 5.91. The lowest BCUT2D eigenvalue weighted by molar-refractivity contribution is -0.140. The molecule has 1 aromatic heterocycles. The number of halogens is 3. The van der Waals surface area contributed by atoms with E-state index in [0.29, 0.717) is 11.2 Å². The molecule has 0 unspecified atom stereocenters. The van der Waals surface area contributed by atoms with Crippen LogP contribution in [0.25, 0.3) is 10.9 Å². The molecule has 1 heterocycles. The molecule has 2 nitrogen and oxygen atoms in total. The summed E-state index contributed by atoms with van der Waals surface area (Å²) in [4.78, 5) is 3.72. The maximum Gasteiger partial charge on any atom is 0.433 e. The predicted molar refractivity (Wildman–Crippen MR) is 77.1 cm³/mol. The van der Waals surface area contributed by atoms with Crippen molar-refractivity contribution in [3.8, 4) is 0 Å². The van der Waals surface area contributed by atoms with Gasteiger partial charge in [0.15, 0.2) is 0 Å². The summed E-state index contributed by atoms with van der Waals surface area (Å²) in [5.41, 5.74) is 0.0180. The lowest BCUT2D eigenvalue weighted by Crippen LogP contribution is -2.21. The van der Waals surface area contributed by atoms with E-state index in [1.807, 2.05) is 6.07 Å². The van der Waals surface area contributed by atoms with Crippen molar-refractivity contribution in [3.05, 3.63) is 48.2 Å². The highest BCUT2D eigenvalue weighted by Gasteiger charge is 2.33. The van der Waals surface area contributed by atoms with Gasteiger partial charge in [-0.25, -0.2) is 4.98 Å². The average molecular weight is 292 g/mol. The molecule has 0 saturated heterocycles. The van der Waals surface area contributed by atoms with Gasteiger partial charge in [-0.15, -0.1) is 0 Å². The Morgan fingerprint density at radius 2 is 1.95 bits per heavy atom. The van der Waals surface area contributed by atoms with Gasteiger partial charge >= 0.3 is 6.18 Å². The van der Waals surface area contributed by atoms with E-state index in [0.717, 1.165) is 30.7 Å². The summed E-state index contributed by atoms with van der Waals surface area (Å²) < 4.78 is 38.9. The van der Waals surface area contributed by atoms with Gasteiger partial charge in [0, 0.05) is 17.1 Å². The van der Waals surface area contributed by atoms with Gasteiger partial charge in [0.25, 0.3) is 0 Å². The number of pyridine rings is 1. The fourth-order valence-corrected chi connectivity index (χ4v) is 2.58. The molecule has 2 aromatic rings. The number of para-hydroxylation sites is 1. The Balaban J connectivity index is 2.04. The van der Waals surface area contributed by atoms with Crippen LogP contribution >= 0.6 is 0 Å². The number of benzene rings is 1. The molecular formula is C16H15F3N2. The number of nitrogens with one attached hydrogen (secondary N) is 1. The third-order valence-electron chi connectivity index (χ3n) is 3.64. The summed E-state index contributed by atoms with van der Waals surface area (Å²) in [5.74, 6) is 0. The predicted octanol–water partition coefficient (Wildman–Crippen LogP) is 4.77. The minimum Gasteiger partial charge on any atom is -0.381 e. The van der Waals surface area contributed by atoms with Gasteiger partial charge in [0.05, 0.1) is 5.52 Å². The Hall–Kier alpha value is -2.04. The third kappa shape index (κ3) is 3.01. The maximum absolute atomic E-state index is 13.0. The van der Waals surface area contributed by atoms with Gasteiger partial charge in [0.2, 0.25) is 0 Å². The summed E-state index contributed by atoms with van der Waals surface area (Å²) in [7, 11) is 0. The molecule has 0 fully saturated rings. The second-order valence-electron chi connectivity index (χ2n) is 5.20. The minimum absolute atomic E-state index is 0.168. The summed E-state index contributed by atoms with van der Waals surface area (Å²) in [6.45, 7) is 0. The number of anilines is 1. The monoisotopic (exact) mass is 292 g/mol. The third-order valence-corrected chi connectivity index (χ3v) is 3.64. The Morgan fingerprint density at radius 1 is 1.14 bits per heavy atom. The van der Waals surface area contributed by atoms with Crippen molar-refractivity contribution in [2.24, 2.45) is 0 Å². The number of aromatic nitrogens is 1. The van der Waals surface area contributed by atoms with Gasteiger partial charge in [-0.1, -0.05) is 30.4 Å². The average Bonchev–Trinajstić information content (AvgIpc) is 2.47. The molecule has 0 spiro atoms. The first-order chi connectivity index (χ1) is 10.0. The van der Waals surface area contributed by atoms with Crippen molar-refractivity contribution >= 4 is 16.6 Å². The van der Waals surface area contributed by atoms with Crippen LogP contribution in [0, 0.1) is 0 Å². The van der Waals surface area contributed by atoms with E-state index in [-0.39, 0.29) is 6.04 Å². The molecule has 1 aromatic carbocycles. The lowest BCUT2D eigenvalue weighted by atomic mass is 10.0. The molecule has 0 saturated carbocycles. The first-order valence-electron chi connectivity index (χ1n) is 6.92. The zero-order valence-electron chi connectivity index (χ0n) is 11.3. The van der Waals surface area contributed by atoms with Crippen molar-refractivity contribution in [2.75, 3.05) is 5.32 Å². The molecule has 1 atom stereocenters. The highest BCUT2D eigenvalue weighted by Crippen LogP contribution is 2.33. The van der Waals surface area contributed by atoms with E-state index in [9.17, 15) is 13.2 Å². The Kier molecular flexibility index (Phi) is 3.57. The molecule has 1 aliphatic rings. The number of hydrogen-bond acceptors (Lipinski definition) is 2. The van der Waals surface area contributed by atoms with Crippen molar-refractivity contribution in [3.63, 3.8) is 0 Å². The van der Waals surface area contributed by atoms with Crippen LogP contribution in [0.3, 0.4) is 0 Å². The smallest absolute Gasteiger partial charge is 0.381 e. The molecule has 5 heteroatoms. The molecule has 0 radical (unpaired) electrons. The number of alkyl halides is 3. The lowest BCUT2D eigenvalue weighted by Gasteiger charge is -2.22. The Morgan fingerprint density at radius 3 is 2.67 bits per heavy atom. The van der Waals surface area contributed by atoms with E-state index in [2.05, 4.69) is 22.5 Å². The number of nitrogens with zero attached hydrogens (tertiary/aromatic N) is 1. The van der Waals surface area contributed by atoms with Crippen LogP contribution in [0.1, 0.15) is 25.0 Å². The van der Waals surface area contributed by atoms with Crippen molar-refractivity contribution in [1.29, 1.82) is 0 Å². The standard InChI is InChI=1S/C16H15F3N2/c17-16(18,19)15-10-14(20-11-6-2-1-3-7-11)12-8-4-5-9-13(12)21-15/h1-2,4-5,8-11H,3,6-7H2,(H,20,21)/t11-/m1/s1. The summed E-state index contributed by atoms with van der Waals surface area (Å²) in [6, 6.07) is 8.19. The van der Waals surface area contributed by atoms with Crippen LogP contribution in [-0.2, 0) is 6.18 Å². The van der Waals surface area contributed by atoms with Crippen LogP contribution in [0.4, 0.5) is 18.9 Å². The molecule has 3 rings (SSSR count). The number of allylic oxidation sites excluding steroid dienone is 1. The molecule has 21 heavy (non-hydrogen) atoms. The normalized spacial score (nSPS) is 18.9. The zero-order chi connectivity index (χ0) is 14.9. The van der Waals surface area contributed by atoms with Crippen molar-refractivity contribution < 1.29 is 13.2 Å². The number of hydrogen-bond donors (Lipinski definition) is 1. The van der Waals surface area contributed by atoms with Crippen LogP contribution in [0.15, 0.2) is 42.5 Å². The summed E-state index contributed by atoms with van der Waals surface area (Å²) in [6.07, 6.45) is 2.44. The van der Waals surface area contributed by atoms with Gasteiger partial charge in [0.1, 0.15) is 5.69 Å². The maximum atomic E-state index is 13.0. The fraction of sp³-hybridized carbons (Fsp3) is 0.312. The molecule has 0 bridgehead atoms. The first-order valence-corrected chi connectivity index (χ1v) is 6.92. The summed E-state index contributed by atoms with van der Waals surface area (Å²) in [5, 5.41) is 3.97. The molecule has 0 aliphatic heterocycles. The van der Waals surface area contributed by atoms with Gasteiger partial charge < -0.3 is 5.32 Å². The van der Waals surface area contributed by atoms with Crippen molar-refractivity contribution in [1.82, 2.24) is 4.98 Å². The van der Waals surface area contributed by atoms with Crippen molar-refractivity contribution in [2.45, 2.75) is 31.5 Å². The van der Waals surface area contributed by atoms with Gasteiger partial charge in [-0.3, -0.25) is 0 Å².